The van der Waals surface area contributed by atoms with Crippen molar-refractivity contribution in [3.63, 3.8) is 0 Å². The Morgan fingerprint density at radius 1 is 1.38 bits per heavy atom. The van der Waals surface area contributed by atoms with Crippen LogP contribution in [0.3, 0.4) is 0 Å². The lowest BCUT2D eigenvalue weighted by molar-refractivity contribution is 0.167. The fourth-order valence-corrected chi connectivity index (χ4v) is 2.39. The Balaban J connectivity index is 1.98. The van der Waals surface area contributed by atoms with E-state index in [1.54, 1.807) is 17.5 Å². The van der Waals surface area contributed by atoms with E-state index < -0.39 is 0 Å². The average molecular weight is 233 g/mol. The number of aliphatic hydroxyl groups excluding tert-OH is 1. The molecule has 0 saturated carbocycles. The molecule has 0 aliphatic rings. The summed E-state index contributed by atoms with van der Waals surface area (Å²) >= 11 is 1.64. The van der Waals surface area contributed by atoms with Gasteiger partial charge in [-0.1, -0.05) is 24.3 Å². The number of thiazole rings is 1. The molecule has 1 heterocycles. The van der Waals surface area contributed by atoms with Crippen molar-refractivity contribution in [3.8, 4) is 0 Å². The molecule has 1 unspecified atom stereocenters. The van der Waals surface area contributed by atoms with Gasteiger partial charge in [-0.15, -0.1) is 11.3 Å². The van der Waals surface area contributed by atoms with E-state index in [9.17, 15) is 5.11 Å². The predicted molar refractivity (Wildman–Crippen MR) is 66.6 cm³/mol. The fourth-order valence-electron chi connectivity index (χ4n) is 1.75. The van der Waals surface area contributed by atoms with Crippen LogP contribution in [-0.2, 0) is 6.42 Å². The Hall–Kier alpha value is -1.19. The van der Waals surface area contributed by atoms with Crippen molar-refractivity contribution in [1.82, 2.24) is 4.98 Å². The molecule has 0 bridgehead atoms. The molecule has 0 amide bonds. The molecule has 2 nitrogen and oxygen atoms in total. The molecule has 0 spiro atoms. The molecule has 84 valence electrons. The number of nitrogens with zero attached hydrogens (tertiary/aromatic N) is 1. The van der Waals surface area contributed by atoms with E-state index in [4.69, 9.17) is 0 Å². The van der Waals surface area contributed by atoms with Gasteiger partial charge in [-0.25, -0.2) is 4.98 Å². The summed E-state index contributed by atoms with van der Waals surface area (Å²) in [6.07, 6.45) is 3.00. The van der Waals surface area contributed by atoms with Crippen LogP contribution in [0.1, 0.15) is 28.7 Å². The molecule has 2 rings (SSSR count). The summed E-state index contributed by atoms with van der Waals surface area (Å²) in [6, 6.07) is 7.98. The number of hydrogen-bond acceptors (Lipinski definition) is 3. The van der Waals surface area contributed by atoms with E-state index in [0.29, 0.717) is 0 Å². The molecule has 1 aromatic carbocycles. The Morgan fingerprint density at radius 3 is 2.88 bits per heavy atom. The Kier molecular flexibility index (Phi) is 3.70. The van der Waals surface area contributed by atoms with Crippen molar-refractivity contribution >= 4 is 11.3 Å². The molecule has 1 N–H and O–H groups in total. The average Bonchev–Trinajstić information content (AvgIpc) is 2.79. The van der Waals surface area contributed by atoms with Crippen molar-refractivity contribution in [2.75, 3.05) is 0 Å². The van der Waals surface area contributed by atoms with Crippen molar-refractivity contribution < 1.29 is 5.11 Å². The number of aryl methyl sites for hydroxylation is 2. The first-order valence-electron chi connectivity index (χ1n) is 5.39. The Labute approximate surface area is 99.6 Å². The molecule has 16 heavy (non-hydrogen) atoms. The van der Waals surface area contributed by atoms with Crippen LogP contribution in [0.15, 0.2) is 35.8 Å². The zero-order chi connectivity index (χ0) is 11.4. The topological polar surface area (TPSA) is 33.1 Å². The number of aliphatic hydroxyl groups is 1. The van der Waals surface area contributed by atoms with Gasteiger partial charge >= 0.3 is 0 Å². The van der Waals surface area contributed by atoms with Crippen molar-refractivity contribution in [2.45, 2.75) is 25.9 Å². The van der Waals surface area contributed by atoms with Crippen LogP contribution in [0.4, 0.5) is 0 Å². The highest BCUT2D eigenvalue weighted by Crippen LogP contribution is 2.22. The lowest BCUT2D eigenvalue weighted by Gasteiger charge is -2.12. The van der Waals surface area contributed by atoms with Crippen LogP contribution < -0.4 is 0 Å². The van der Waals surface area contributed by atoms with Gasteiger partial charge in [-0.2, -0.15) is 0 Å². The first-order valence-corrected chi connectivity index (χ1v) is 6.27. The third kappa shape index (κ3) is 2.68. The van der Waals surface area contributed by atoms with E-state index in [2.05, 4.69) is 4.98 Å². The standard InChI is InChI=1S/C13H15NOS/c1-10-4-2-3-5-11(10)12(15)6-7-13-14-8-9-16-13/h2-5,8-9,12,15H,6-7H2,1H3. The SMILES string of the molecule is Cc1ccccc1C(O)CCc1nccs1. The third-order valence-electron chi connectivity index (χ3n) is 2.66. The van der Waals surface area contributed by atoms with Crippen molar-refractivity contribution in [1.29, 1.82) is 0 Å². The van der Waals surface area contributed by atoms with Gasteiger partial charge in [-0.05, 0) is 24.5 Å². The predicted octanol–water partition coefficient (Wildman–Crippen LogP) is 3.12. The summed E-state index contributed by atoms with van der Waals surface area (Å²) in [5, 5.41) is 13.1. The Bertz CT molecular complexity index is 439. The lowest BCUT2D eigenvalue weighted by Crippen LogP contribution is -2.01. The van der Waals surface area contributed by atoms with Gasteiger partial charge in [0.2, 0.25) is 0 Å². The van der Waals surface area contributed by atoms with Gasteiger partial charge in [0.25, 0.3) is 0 Å². The van der Waals surface area contributed by atoms with E-state index in [1.807, 2.05) is 36.6 Å². The minimum atomic E-state index is -0.384. The monoisotopic (exact) mass is 233 g/mol. The molecule has 0 aliphatic heterocycles. The minimum absolute atomic E-state index is 0.384. The molecule has 1 atom stereocenters. The smallest absolute Gasteiger partial charge is 0.0925 e. The number of rotatable bonds is 4. The maximum Gasteiger partial charge on any atom is 0.0925 e. The quantitative estimate of drug-likeness (QED) is 0.880. The van der Waals surface area contributed by atoms with E-state index >= 15 is 0 Å². The summed E-state index contributed by atoms with van der Waals surface area (Å²) in [6.45, 7) is 2.03. The molecule has 0 aliphatic carbocycles. The summed E-state index contributed by atoms with van der Waals surface area (Å²) in [5.74, 6) is 0. The number of aromatic nitrogens is 1. The second-order valence-corrected chi connectivity index (χ2v) is 4.82. The maximum absolute atomic E-state index is 10.1. The minimum Gasteiger partial charge on any atom is -0.388 e. The molecule has 1 aromatic heterocycles. The molecule has 0 fully saturated rings. The van der Waals surface area contributed by atoms with Gasteiger partial charge in [0.05, 0.1) is 11.1 Å². The summed E-state index contributed by atoms with van der Waals surface area (Å²) in [5.41, 5.74) is 2.17. The highest BCUT2D eigenvalue weighted by molar-refractivity contribution is 7.09. The summed E-state index contributed by atoms with van der Waals surface area (Å²) < 4.78 is 0. The van der Waals surface area contributed by atoms with Crippen LogP contribution in [0.25, 0.3) is 0 Å². The largest absolute Gasteiger partial charge is 0.388 e. The van der Waals surface area contributed by atoms with Crippen LogP contribution in [0.5, 0.6) is 0 Å². The van der Waals surface area contributed by atoms with Gasteiger partial charge in [-0.3, -0.25) is 0 Å². The molecule has 0 saturated heterocycles. The number of benzene rings is 1. The maximum atomic E-state index is 10.1. The first-order chi connectivity index (χ1) is 7.77. The van der Waals surface area contributed by atoms with Crippen LogP contribution in [-0.4, -0.2) is 10.1 Å². The second-order valence-electron chi connectivity index (χ2n) is 3.84. The Morgan fingerprint density at radius 2 is 2.19 bits per heavy atom. The highest BCUT2D eigenvalue weighted by Gasteiger charge is 2.10. The summed E-state index contributed by atoms with van der Waals surface area (Å²) in [7, 11) is 0. The second kappa shape index (κ2) is 5.23. The van der Waals surface area contributed by atoms with E-state index in [0.717, 1.165) is 29.0 Å². The van der Waals surface area contributed by atoms with Gasteiger partial charge in [0.1, 0.15) is 0 Å². The first kappa shape index (κ1) is 11.3. The van der Waals surface area contributed by atoms with E-state index in [-0.39, 0.29) is 6.10 Å². The van der Waals surface area contributed by atoms with Crippen molar-refractivity contribution in [3.05, 3.63) is 52.0 Å². The van der Waals surface area contributed by atoms with Gasteiger partial charge in [0.15, 0.2) is 0 Å². The molecule has 3 heteroatoms. The zero-order valence-electron chi connectivity index (χ0n) is 9.26. The highest BCUT2D eigenvalue weighted by atomic mass is 32.1. The van der Waals surface area contributed by atoms with Gasteiger partial charge in [0, 0.05) is 18.0 Å². The van der Waals surface area contributed by atoms with Gasteiger partial charge < -0.3 is 5.11 Å². The van der Waals surface area contributed by atoms with Crippen LogP contribution in [0.2, 0.25) is 0 Å². The molecule has 2 aromatic rings. The third-order valence-corrected chi connectivity index (χ3v) is 3.50. The summed E-state index contributed by atoms with van der Waals surface area (Å²) in [4.78, 5) is 4.21. The lowest BCUT2D eigenvalue weighted by atomic mass is 10.0. The van der Waals surface area contributed by atoms with Crippen LogP contribution in [0, 0.1) is 6.92 Å². The fraction of sp³-hybridized carbons (Fsp3) is 0.308. The van der Waals surface area contributed by atoms with Crippen LogP contribution >= 0.6 is 11.3 Å². The zero-order valence-corrected chi connectivity index (χ0v) is 10.1. The molecule has 0 radical (unpaired) electrons. The molecular formula is C13H15NOS. The van der Waals surface area contributed by atoms with E-state index in [1.165, 1.54) is 0 Å². The number of hydrogen-bond donors (Lipinski definition) is 1. The van der Waals surface area contributed by atoms with Crippen molar-refractivity contribution in [2.24, 2.45) is 0 Å². The molecular weight excluding hydrogens is 218 g/mol. The normalized spacial score (nSPS) is 12.6.